The Morgan fingerprint density at radius 2 is 2.18 bits per heavy atom. The first-order valence-corrected chi connectivity index (χ1v) is 6.61. The molecule has 3 heteroatoms. The minimum Gasteiger partial charge on any atom is -0.492 e. The maximum atomic E-state index is 6.17. The topological polar surface area (TPSA) is 21.3 Å². The number of hydrogen-bond acceptors (Lipinski definition) is 2. The standard InChI is InChI=1S/C14H22ClNO/c1-4-5-11(2)10-17-14-7-6-12(9-16-3)8-13(14)15/h6-8,11,16H,4-5,9-10H2,1-3H3. The van der Waals surface area contributed by atoms with Crippen molar-refractivity contribution in [2.24, 2.45) is 5.92 Å². The van der Waals surface area contributed by atoms with Gasteiger partial charge in [-0.2, -0.15) is 0 Å². The molecule has 1 aromatic carbocycles. The van der Waals surface area contributed by atoms with Crippen molar-refractivity contribution in [1.29, 1.82) is 0 Å². The highest BCUT2D eigenvalue weighted by Crippen LogP contribution is 2.26. The lowest BCUT2D eigenvalue weighted by molar-refractivity contribution is 0.251. The van der Waals surface area contributed by atoms with Gasteiger partial charge in [-0.15, -0.1) is 0 Å². The molecule has 1 N–H and O–H groups in total. The molecule has 0 amide bonds. The van der Waals surface area contributed by atoms with E-state index in [4.69, 9.17) is 16.3 Å². The Balaban J connectivity index is 2.54. The molecule has 1 atom stereocenters. The van der Waals surface area contributed by atoms with Crippen LogP contribution in [-0.2, 0) is 6.54 Å². The van der Waals surface area contributed by atoms with Crippen LogP contribution in [0.15, 0.2) is 18.2 Å². The number of hydrogen-bond donors (Lipinski definition) is 1. The average Bonchev–Trinajstić information content (AvgIpc) is 2.29. The summed E-state index contributed by atoms with van der Waals surface area (Å²) in [7, 11) is 1.92. The van der Waals surface area contributed by atoms with Crippen LogP contribution in [0, 0.1) is 5.92 Å². The molecule has 2 nitrogen and oxygen atoms in total. The zero-order chi connectivity index (χ0) is 12.7. The zero-order valence-corrected chi connectivity index (χ0v) is 11.7. The summed E-state index contributed by atoms with van der Waals surface area (Å²) in [5.74, 6) is 1.36. The predicted molar refractivity (Wildman–Crippen MR) is 73.8 cm³/mol. The fourth-order valence-corrected chi connectivity index (χ4v) is 2.04. The van der Waals surface area contributed by atoms with Crippen LogP contribution < -0.4 is 10.1 Å². The van der Waals surface area contributed by atoms with Crippen LogP contribution in [0.25, 0.3) is 0 Å². The largest absolute Gasteiger partial charge is 0.492 e. The van der Waals surface area contributed by atoms with Crippen LogP contribution >= 0.6 is 11.6 Å². The van der Waals surface area contributed by atoms with E-state index >= 15 is 0 Å². The van der Waals surface area contributed by atoms with Crippen LogP contribution in [0.1, 0.15) is 32.3 Å². The maximum absolute atomic E-state index is 6.17. The van der Waals surface area contributed by atoms with Gasteiger partial charge in [-0.3, -0.25) is 0 Å². The van der Waals surface area contributed by atoms with Gasteiger partial charge >= 0.3 is 0 Å². The summed E-state index contributed by atoms with van der Waals surface area (Å²) < 4.78 is 5.73. The molecular weight excluding hydrogens is 234 g/mol. The summed E-state index contributed by atoms with van der Waals surface area (Å²) in [6.45, 7) is 5.95. The lowest BCUT2D eigenvalue weighted by Crippen LogP contribution is -2.09. The third-order valence-electron chi connectivity index (χ3n) is 2.68. The molecule has 0 aliphatic rings. The molecular formula is C14H22ClNO. The van der Waals surface area contributed by atoms with Crippen LogP contribution in [-0.4, -0.2) is 13.7 Å². The highest BCUT2D eigenvalue weighted by Gasteiger charge is 2.06. The van der Waals surface area contributed by atoms with E-state index in [1.54, 1.807) is 0 Å². The molecule has 0 radical (unpaired) electrons. The first kappa shape index (κ1) is 14.3. The zero-order valence-electron chi connectivity index (χ0n) is 10.9. The maximum Gasteiger partial charge on any atom is 0.137 e. The first-order chi connectivity index (χ1) is 8.17. The molecule has 0 saturated heterocycles. The Hall–Kier alpha value is -0.730. The van der Waals surface area contributed by atoms with Gasteiger partial charge in [0.25, 0.3) is 0 Å². The fourth-order valence-electron chi connectivity index (χ4n) is 1.78. The minimum absolute atomic E-state index is 0.577. The van der Waals surface area contributed by atoms with Gasteiger partial charge in [0, 0.05) is 6.54 Å². The SMILES string of the molecule is CCCC(C)COc1ccc(CNC)cc1Cl. The summed E-state index contributed by atoms with van der Waals surface area (Å²) in [6, 6.07) is 5.95. The Morgan fingerprint density at radius 1 is 1.41 bits per heavy atom. The quantitative estimate of drug-likeness (QED) is 0.799. The minimum atomic E-state index is 0.577. The van der Waals surface area contributed by atoms with E-state index in [9.17, 15) is 0 Å². The Morgan fingerprint density at radius 3 is 2.76 bits per heavy atom. The van der Waals surface area contributed by atoms with Gasteiger partial charge in [0.15, 0.2) is 0 Å². The summed E-state index contributed by atoms with van der Waals surface area (Å²) in [5, 5.41) is 3.79. The van der Waals surface area contributed by atoms with E-state index < -0.39 is 0 Å². The van der Waals surface area contributed by atoms with Gasteiger partial charge < -0.3 is 10.1 Å². The second-order valence-corrected chi connectivity index (χ2v) is 4.91. The Bertz CT molecular complexity index is 341. The molecule has 0 aliphatic carbocycles. The molecule has 0 saturated carbocycles. The van der Waals surface area contributed by atoms with Crippen molar-refractivity contribution in [2.45, 2.75) is 33.2 Å². The number of rotatable bonds is 7. The molecule has 0 fully saturated rings. The van der Waals surface area contributed by atoms with Crippen molar-refractivity contribution in [3.63, 3.8) is 0 Å². The van der Waals surface area contributed by atoms with E-state index in [1.807, 2.05) is 25.2 Å². The van der Waals surface area contributed by atoms with E-state index in [0.717, 1.165) is 18.9 Å². The van der Waals surface area contributed by atoms with Gasteiger partial charge in [0.1, 0.15) is 5.75 Å². The summed E-state index contributed by atoms with van der Waals surface area (Å²) >= 11 is 6.17. The molecule has 0 bridgehead atoms. The smallest absolute Gasteiger partial charge is 0.137 e. The van der Waals surface area contributed by atoms with Crippen LogP contribution in [0.4, 0.5) is 0 Å². The predicted octanol–water partition coefficient (Wildman–Crippen LogP) is 3.87. The lowest BCUT2D eigenvalue weighted by Gasteiger charge is -2.13. The molecule has 0 aliphatic heterocycles. The van der Waals surface area contributed by atoms with Crippen LogP contribution in [0.3, 0.4) is 0 Å². The monoisotopic (exact) mass is 255 g/mol. The highest BCUT2D eigenvalue weighted by atomic mass is 35.5. The van der Waals surface area contributed by atoms with Crippen LogP contribution in [0.2, 0.25) is 5.02 Å². The second kappa shape index (κ2) is 7.57. The number of halogens is 1. The fraction of sp³-hybridized carbons (Fsp3) is 0.571. The number of nitrogens with one attached hydrogen (secondary N) is 1. The number of ether oxygens (including phenoxy) is 1. The van der Waals surface area contributed by atoms with Crippen molar-refractivity contribution in [3.8, 4) is 5.75 Å². The van der Waals surface area contributed by atoms with Gasteiger partial charge in [-0.1, -0.05) is 37.9 Å². The van der Waals surface area contributed by atoms with Crippen molar-refractivity contribution >= 4 is 11.6 Å². The van der Waals surface area contributed by atoms with Crippen molar-refractivity contribution in [3.05, 3.63) is 28.8 Å². The summed E-state index contributed by atoms with van der Waals surface area (Å²) in [6.07, 6.45) is 2.38. The molecule has 0 aromatic heterocycles. The molecule has 1 rings (SSSR count). The number of benzene rings is 1. The third-order valence-corrected chi connectivity index (χ3v) is 2.98. The van der Waals surface area contributed by atoms with Crippen molar-refractivity contribution < 1.29 is 4.74 Å². The summed E-state index contributed by atoms with van der Waals surface area (Å²) in [4.78, 5) is 0. The van der Waals surface area contributed by atoms with Crippen molar-refractivity contribution in [2.75, 3.05) is 13.7 Å². The molecule has 0 spiro atoms. The van der Waals surface area contributed by atoms with Crippen molar-refractivity contribution in [1.82, 2.24) is 5.32 Å². The molecule has 17 heavy (non-hydrogen) atoms. The van der Waals surface area contributed by atoms with E-state index in [2.05, 4.69) is 19.2 Å². The average molecular weight is 256 g/mol. The molecule has 1 unspecified atom stereocenters. The molecule has 1 aromatic rings. The van der Waals surface area contributed by atoms with E-state index in [1.165, 1.54) is 18.4 Å². The van der Waals surface area contributed by atoms with Gasteiger partial charge in [0.2, 0.25) is 0 Å². The van der Waals surface area contributed by atoms with Crippen LogP contribution in [0.5, 0.6) is 5.75 Å². The highest BCUT2D eigenvalue weighted by molar-refractivity contribution is 6.32. The normalized spacial score (nSPS) is 12.5. The Kier molecular flexibility index (Phi) is 6.38. The Labute approximate surface area is 109 Å². The second-order valence-electron chi connectivity index (χ2n) is 4.50. The first-order valence-electron chi connectivity index (χ1n) is 6.23. The van der Waals surface area contributed by atoms with E-state index in [-0.39, 0.29) is 0 Å². The van der Waals surface area contributed by atoms with E-state index in [0.29, 0.717) is 10.9 Å². The van der Waals surface area contributed by atoms with Gasteiger partial charge in [-0.05, 0) is 37.1 Å². The van der Waals surface area contributed by atoms with Gasteiger partial charge in [-0.25, -0.2) is 0 Å². The molecule has 96 valence electrons. The molecule has 0 heterocycles. The van der Waals surface area contributed by atoms with Gasteiger partial charge in [0.05, 0.1) is 11.6 Å². The third kappa shape index (κ3) is 4.97. The lowest BCUT2D eigenvalue weighted by atomic mass is 10.1. The summed E-state index contributed by atoms with van der Waals surface area (Å²) in [5.41, 5.74) is 1.17.